The average molecular weight is 501 g/mol. The van der Waals surface area contributed by atoms with Gasteiger partial charge in [-0.1, -0.05) is 13.5 Å². The molecule has 0 unspecified atom stereocenters. The monoisotopic (exact) mass is 501 g/mol. The van der Waals surface area contributed by atoms with Gasteiger partial charge in [-0.05, 0) is 26.2 Å². The van der Waals surface area contributed by atoms with Crippen molar-refractivity contribution in [1.82, 2.24) is 4.90 Å². The highest BCUT2D eigenvalue weighted by molar-refractivity contribution is 5.92. The topological polar surface area (TPSA) is 20.3 Å². The molecule has 0 atom stereocenters. The van der Waals surface area contributed by atoms with Gasteiger partial charge in [-0.25, -0.2) is 0 Å². The van der Waals surface area contributed by atoms with E-state index in [0.717, 1.165) is 4.90 Å². The van der Waals surface area contributed by atoms with Crippen LogP contribution in [0.1, 0.15) is 39.5 Å². The molecule has 0 spiro atoms. The van der Waals surface area contributed by atoms with E-state index in [2.05, 4.69) is 6.58 Å². The van der Waals surface area contributed by atoms with Crippen molar-refractivity contribution in [3.05, 3.63) is 12.2 Å². The van der Waals surface area contributed by atoms with Crippen molar-refractivity contribution in [1.29, 1.82) is 0 Å². The maximum atomic E-state index is 13.7. The van der Waals surface area contributed by atoms with Crippen molar-refractivity contribution in [2.24, 2.45) is 0 Å². The van der Waals surface area contributed by atoms with Crippen molar-refractivity contribution < 1.29 is 61.9 Å². The summed E-state index contributed by atoms with van der Waals surface area (Å²) in [6.45, 7) is 5.99. The minimum absolute atomic E-state index is 0.0304. The van der Waals surface area contributed by atoms with E-state index in [9.17, 15) is 61.9 Å². The van der Waals surface area contributed by atoms with Gasteiger partial charge in [0.15, 0.2) is 0 Å². The molecule has 1 amide bonds. The fraction of sp³-hybridized carbons (Fsp3) is 0.824. The number of hydrogen-bond donors (Lipinski definition) is 0. The van der Waals surface area contributed by atoms with Gasteiger partial charge >= 0.3 is 35.8 Å². The smallest absolute Gasteiger partial charge is 0.339 e. The number of carbonyl (C=O) groups excluding carboxylic acids is 1. The fourth-order valence-corrected chi connectivity index (χ4v) is 2.46. The Balaban J connectivity index is 5.56. The van der Waals surface area contributed by atoms with Crippen LogP contribution in [0.25, 0.3) is 0 Å². The van der Waals surface area contributed by atoms with Crippen molar-refractivity contribution >= 4 is 5.91 Å². The van der Waals surface area contributed by atoms with Crippen molar-refractivity contribution in [3.63, 3.8) is 0 Å². The van der Waals surface area contributed by atoms with Crippen LogP contribution in [0.3, 0.4) is 0 Å². The zero-order valence-corrected chi connectivity index (χ0v) is 16.7. The first-order valence-corrected chi connectivity index (χ1v) is 8.93. The Kier molecular flexibility index (Phi) is 9.14. The maximum Gasteiger partial charge on any atom is 0.460 e. The van der Waals surface area contributed by atoms with Crippen LogP contribution >= 0.6 is 0 Å². The Morgan fingerprint density at radius 3 is 1.53 bits per heavy atom. The van der Waals surface area contributed by atoms with Crippen molar-refractivity contribution in [2.75, 3.05) is 13.1 Å². The number of unbranched alkanes of at least 4 members (excludes halogenated alkanes) is 1. The molecule has 190 valence electrons. The number of alkyl halides is 13. The molecule has 0 aromatic heterocycles. The lowest BCUT2D eigenvalue weighted by Gasteiger charge is -2.39. The van der Waals surface area contributed by atoms with E-state index in [1.807, 2.05) is 0 Å². The molecule has 0 radical (unpaired) electrons. The molecule has 0 N–H and O–H groups in total. The second-order valence-corrected chi connectivity index (χ2v) is 7.03. The largest absolute Gasteiger partial charge is 0.460 e. The summed E-state index contributed by atoms with van der Waals surface area (Å²) in [5.41, 5.74) is 0.0304. The van der Waals surface area contributed by atoms with Gasteiger partial charge in [-0.3, -0.25) is 4.79 Å². The van der Waals surface area contributed by atoms with Crippen LogP contribution in [-0.2, 0) is 4.79 Å². The molecule has 0 aliphatic rings. The van der Waals surface area contributed by atoms with Crippen LogP contribution in [0.4, 0.5) is 57.1 Å². The fourth-order valence-electron chi connectivity index (χ4n) is 2.46. The van der Waals surface area contributed by atoms with Crippen LogP contribution in [0.5, 0.6) is 0 Å². The average Bonchev–Trinajstić information content (AvgIpc) is 2.61. The normalized spacial score (nSPS) is 14.5. The number of halogens is 13. The molecule has 0 aliphatic carbocycles. The van der Waals surface area contributed by atoms with Gasteiger partial charge < -0.3 is 4.90 Å². The minimum Gasteiger partial charge on any atom is -0.339 e. The molecule has 0 fully saturated rings. The first-order valence-electron chi connectivity index (χ1n) is 8.93. The van der Waals surface area contributed by atoms with Gasteiger partial charge in [-0.2, -0.15) is 57.1 Å². The van der Waals surface area contributed by atoms with Crippen molar-refractivity contribution in [2.45, 2.75) is 75.3 Å². The molecule has 0 saturated carbocycles. The molecule has 0 aromatic rings. The van der Waals surface area contributed by atoms with E-state index in [-0.39, 0.29) is 18.7 Å². The summed E-state index contributed by atoms with van der Waals surface area (Å²) in [7, 11) is 0. The molecule has 0 rings (SSSR count). The number of amides is 1. The first kappa shape index (κ1) is 30.3. The SMILES string of the molecule is C=C(C)C(=O)N(CCC)CCCCC(F)(F)C(F)(F)C(F)(F)C(F)(F)C(F)(F)C(F)(F)F. The predicted octanol–water partition coefficient (Wildman–Crippen LogP) is 6.71. The van der Waals surface area contributed by atoms with Gasteiger partial charge in [0.2, 0.25) is 5.91 Å². The maximum absolute atomic E-state index is 13.7. The van der Waals surface area contributed by atoms with E-state index in [1.165, 1.54) is 6.92 Å². The summed E-state index contributed by atoms with van der Waals surface area (Å²) < 4.78 is 169. The Morgan fingerprint density at radius 1 is 0.719 bits per heavy atom. The third-order valence-corrected chi connectivity index (χ3v) is 4.31. The van der Waals surface area contributed by atoms with Crippen LogP contribution in [0.2, 0.25) is 0 Å². The zero-order chi connectivity index (χ0) is 26.0. The van der Waals surface area contributed by atoms with Gasteiger partial charge in [-0.15, -0.1) is 0 Å². The number of carbonyl (C=O) groups is 1. The van der Waals surface area contributed by atoms with E-state index in [1.54, 1.807) is 6.92 Å². The molecular formula is C17H20F13NO. The lowest BCUT2D eigenvalue weighted by molar-refractivity contribution is -0.440. The Hall–Kier alpha value is -1.70. The Bertz CT molecular complexity index is 670. The van der Waals surface area contributed by atoms with Crippen LogP contribution in [0, 0.1) is 0 Å². The molecular weight excluding hydrogens is 481 g/mol. The zero-order valence-electron chi connectivity index (χ0n) is 16.7. The summed E-state index contributed by atoms with van der Waals surface area (Å²) in [6, 6.07) is 0. The summed E-state index contributed by atoms with van der Waals surface area (Å²) in [5, 5.41) is 0. The number of hydrogen-bond acceptors (Lipinski definition) is 1. The minimum atomic E-state index is -7.89. The molecule has 0 heterocycles. The summed E-state index contributed by atoms with van der Waals surface area (Å²) >= 11 is 0. The first-order chi connectivity index (χ1) is 14.0. The molecule has 32 heavy (non-hydrogen) atoms. The highest BCUT2D eigenvalue weighted by Crippen LogP contribution is 2.60. The molecule has 0 saturated heterocycles. The van der Waals surface area contributed by atoms with Crippen LogP contribution < -0.4 is 0 Å². The van der Waals surface area contributed by atoms with E-state index in [4.69, 9.17) is 0 Å². The van der Waals surface area contributed by atoms with Gasteiger partial charge in [0.05, 0.1) is 0 Å². The molecule has 15 heteroatoms. The van der Waals surface area contributed by atoms with Crippen LogP contribution in [0.15, 0.2) is 12.2 Å². The molecule has 0 aliphatic heterocycles. The third kappa shape index (κ3) is 5.43. The Morgan fingerprint density at radius 2 is 1.16 bits per heavy atom. The second-order valence-electron chi connectivity index (χ2n) is 7.03. The quantitative estimate of drug-likeness (QED) is 0.165. The van der Waals surface area contributed by atoms with Gasteiger partial charge in [0.25, 0.3) is 0 Å². The van der Waals surface area contributed by atoms with E-state index < -0.39 is 61.0 Å². The lowest BCUT2D eigenvalue weighted by Crippen LogP contribution is -2.70. The third-order valence-electron chi connectivity index (χ3n) is 4.31. The molecule has 0 aromatic carbocycles. The summed E-state index contributed by atoms with van der Waals surface area (Å²) in [6.07, 6.45) is -10.9. The highest BCUT2D eigenvalue weighted by atomic mass is 19.4. The Labute approximate surface area is 174 Å². The molecule has 0 bridgehead atoms. The van der Waals surface area contributed by atoms with Crippen molar-refractivity contribution in [3.8, 4) is 0 Å². The summed E-state index contributed by atoms with van der Waals surface area (Å²) in [4.78, 5) is 12.9. The van der Waals surface area contributed by atoms with E-state index >= 15 is 0 Å². The summed E-state index contributed by atoms with van der Waals surface area (Å²) in [5.74, 6) is -37.4. The van der Waals surface area contributed by atoms with Crippen LogP contribution in [-0.4, -0.2) is 59.7 Å². The number of nitrogens with zero attached hydrogens (tertiary/aromatic N) is 1. The van der Waals surface area contributed by atoms with E-state index in [0.29, 0.717) is 6.42 Å². The second kappa shape index (κ2) is 9.65. The lowest BCUT2D eigenvalue weighted by atomic mass is 9.91. The molecule has 2 nitrogen and oxygen atoms in total. The highest BCUT2D eigenvalue weighted by Gasteiger charge is 2.90. The number of rotatable bonds is 12. The standard InChI is InChI=1S/C17H20F13NO/c1-4-8-31(11(32)10(2)3)9-6-5-7-12(18,19)13(20,21)14(22,23)15(24,25)16(26,27)17(28,29)30/h2,4-9H2,1,3H3. The van der Waals surface area contributed by atoms with Gasteiger partial charge in [0, 0.05) is 25.1 Å². The van der Waals surface area contributed by atoms with Gasteiger partial charge in [0.1, 0.15) is 0 Å². The predicted molar refractivity (Wildman–Crippen MR) is 86.3 cm³/mol.